The van der Waals surface area contributed by atoms with Crippen LogP contribution in [0.2, 0.25) is 5.02 Å². The van der Waals surface area contributed by atoms with Crippen molar-refractivity contribution in [3.05, 3.63) is 28.8 Å². The van der Waals surface area contributed by atoms with E-state index in [1.54, 1.807) is 18.2 Å². The van der Waals surface area contributed by atoms with Gasteiger partial charge in [0.05, 0.1) is 10.6 Å². The molecule has 2 amide bonds. The Balaban J connectivity index is 0.00000261. The Morgan fingerprint density at radius 3 is 2.56 bits per heavy atom. The quantitative estimate of drug-likeness (QED) is 0.784. The molecule has 0 unspecified atom stereocenters. The molecule has 0 radical (unpaired) electrons. The van der Waals surface area contributed by atoms with Crippen LogP contribution in [0.1, 0.15) is 49.9 Å². The molecule has 2 fully saturated rings. The zero-order valence-corrected chi connectivity index (χ0v) is 17.6. The molecule has 27 heavy (non-hydrogen) atoms. The van der Waals surface area contributed by atoms with Gasteiger partial charge in [-0.3, -0.25) is 9.59 Å². The maximum Gasteiger partial charge on any atom is 0.255 e. The van der Waals surface area contributed by atoms with Gasteiger partial charge >= 0.3 is 0 Å². The summed E-state index contributed by atoms with van der Waals surface area (Å²) in [5.74, 6) is 0.194. The summed E-state index contributed by atoms with van der Waals surface area (Å²) in [4.78, 5) is 26.8. The Morgan fingerprint density at radius 2 is 1.96 bits per heavy atom. The topological polar surface area (TPSA) is 61.4 Å². The van der Waals surface area contributed by atoms with E-state index in [1.165, 1.54) is 6.42 Å². The SMILES string of the molecule is CC(C)CC(=O)Nc1ccc(Cl)c(C(=O)N2CCC3(CCNC3)CC2)c1.Cl. The minimum atomic E-state index is -0.0469. The molecule has 3 rings (SSSR count). The molecule has 0 saturated carbocycles. The molecule has 2 saturated heterocycles. The number of amides is 2. The van der Waals surface area contributed by atoms with E-state index in [0.29, 0.717) is 28.1 Å². The van der Waals surface area contributed by atoms with E-state index in [1.807, 2.05) is 18.7 Å². The highest BCUT2D eigenvalue weighted by molar-refractivity contribution is 6.34. The Bertz CT molecular complexity index is 678. The third-order valence-electron chi connectivity index (χ3n) is 5.52. The molecule has 7 heteroatoms. The molecule has 2 N–H and O–H groups in total. The lowest BCUT2D eigenvalue weighted by Crippen LogP contribution is -2.44. The lowest BCUT2D eigenvalue weighted by Gasteiger charge is -2.39. The van der Waals surface area contributed by atoms with Gasteiger partial charge in [0.15, 0.2) is 0 Å². The predicted molar refractivity (Wildman–Crippen MR) is 112 cm³/mol. The highest BCUT2D eigenvalue weighted by Crippen LogP contribution is 2.37. The van der Waals surface area contributed by atoms with Crippen LogP contribution >= 0.6 is 24.0 Å². The van der Waals surface area contributed by atoms with Crippen molar-refractivity contribution >= 4 is 41.5 Å². The van der Waals surface area contributed by atoms with Crippen molar-refractivity contribution < 1.29 is 9.59 Å². The molecule has 1 aromatic rings. The van der Waals surface area contributed by atoms with E-state index in [-0.39, 0.29) is 30.1 Å². The molecule has 0 aliphatic carbocycles. The summed E-state index contributed by atoms with van der Waals surface area (Å²) in [5, 5.41) is 6.73. The number of benzene rings is 1. The first kappa shape index (κ1) is 22.0. The van der Waals surface area contributed by atoms with Crippen LogP contribution in [0.5, 0.6) is 0 Å². The third-order valence-corrected chi connectivity index (χ3v) is 5.85. The number of hydrogen-bond donors (Lipinski definition) is 2. The molecule has 1 aromatic carbocycles. The summed E-state index contributed by atoms with van der Waals surface area (Å²) < 4.78 is 0. The van der Waals surface area contributed by atoms with Crippen LogP contribution in [-0.2, 0) is 4.79 Å². The summed E-state index contributed by atoms with van der Waals surface area (Å²) in [6.07, 6.45) is 3.73. The molecule has 1 spiro atoms. The molecular formula is C20H29Cl2N3O2. The summed E-state index contributed by atoms with van der Waals surface area (Å²) in [6, 6.07) is 5.13. The van der Waals surface area contributed by atoms with Gasteiger partial charge in [-0.05, 0) is 55.3 Å². The van der Waals surface area contributed by atoms with Gasteiger partial charge in [-0.15, -0.1) is 12.4 Å². The van der Waals surface area contributed by atoms with E-state index in [9.17, 15) is 9.59 Å². The number of piperidine rings is 1. The molecule has 2 aliphatic rings. The minimum Gasteiger partial charge on any atom is -0.339 e. The van der Waals surface area contributed by atoms with E-state index in [0.717, 1.165) is 39.0 Å². The number of anilines is 1. The third kappa shape index (κ3) is 5.37. The Hall–Kier alpha value is -1.30. The first-order valence-corrected chi connectivity index (χ1v) is 9.86. The number of rotatable bonds is 4. The van der Waals surface area contributed by atoms with Gasteiger partial charge in [-0.25, -0.2) is 0 Å². The van der Waals surface area contributed by atoms with Gasteiger partial charge in [0.2, 0.25) is 5.91 Å². The molecule has 5 nitrogen and oxygen atoms in total. The van der Waals surface area contributed by atoms with Gasteiger partial charge in [0.25, 0.3) is 5.91 Å². The lowest BCUT2D eigenvalue weighted by atomic mass is 9.78. The van der Waals surface area contributed by atoms with Crippen molar-refractivity contribution in [3.63, 3.8) is 0 Å². The van der Waals surface area contributed by atoms with Gasteiger partial charge in [-0.1, -0.05) is 25.4 Å². The Kier molecular flexibility index (Phi) is 7.55. The van der Waals surface area contributed by atoms with Crippen LogP contribution in [0, 0.1) is 11.3 Å². The number of carbonyl (C=O) groups is 2. The Morgan fingerprint density at radius 1 is 1.26 bits per heavy atom. The lowest BCUT2D eigenvalue weighted by molar-refractivity contribution is -0.116. The summed E-state index contributed by atoms with van der Waals surface area (Å²) in [7, 11) is 0. The van der Waals surface area contributed by atoms with Gasteiger partial charge < -0.3 is 15.5 Å². The largest absolute Gasteiger partial charge is 0.339 e. The fourth-order valence-electron chi connectivity index (χ4n) is 3.93. The maximum atomic E-state index is 13.0. The van der Waals surface area contributed by atoms with E-state index in [4.69, 9.17) is 11.6 Å². The smallest absolute Gasteiger partial charge is 0.255 e. The molecule has 150 valence electrons. The summed E-state index contributed by atoms with van der Waals surface area (Å²) in [5.41, 5.74) is 1.46. The second kappa shape index (κ2) is 9.26. The van der Waals surface area contributed by atoms with Crippen molar-refractivity contribution in [2.75, 3.05) is 31.5 Å². The number of likely N-dealkylation sites (tertiary alicyclic amines) is 1. The normalized spacial score (nSPS) is 18.4. The van der Waals surface area contributed by atoms with Crippen molar-refractivity contribution in [2.45, 2.75) is 39.5 Å². The molecule has 0 bridgehead atoms. The van der Waals surface area contributed by atoms with Crippen LogP contribution in [0.25, 0.3) is 0 Å². The monoisotopic (exact) mass is 413 g/mol. The first-order chi connectivity index (χ1) is 12.4. The number of hydrogen-bond acceptors (Lipinski definition) is 3. The zero-order valence-electron chi connectivity index (χ0n) is 16.0. The molecule has 0 atom stereocenters. The summed E-state index contributed by atoms with van der Waals surface area (Å²) in [6.45, 7) is 7.67. The van der Waals surface area contributed by atoms with Crippen LogP contribution in [0.4, 0.5) is 5.69 Å². The average Bonchev–Trinajstić information content (AvgIpc) is 3.04. The fraction of sp³-hybridized carbons (Fsp3) is 0.600. The van der Waals surface area contributed by atoms with E-state index >= 15 is 0 Å². The molecular weight excluding hydrogens is 385 g/mol. The highest BCUT2D eigenvalue weighted by atomic mass is 35.5. The molecule has 2 aliphatic heterocycles. The van der Waals surface area contributed by atoms with Crippen molar-refractivity contribution in [3.8, 4) is 0 Å². The van der Waals surface area contributed by atoms with Crippen molar-refractivity contribution in [2.24, 2.45) is 11.3 Å². The zero-order chi connectivity index (χ0) is 18.7. The molecule has 0 aromatic heterocycles. The maximum absolute atomic E-state index is 13.0. The predicted octanol–water partition coefficient (Wildman–Crippen LogP) is 3.96. The van der Waals surface area contributed by atoms with E-state index < -0.39 is 0 Å². The second-order valence-electron chi connectivity index (χ2n) is 8.06. The summed E-state index contributed by atoms with van der Waals surface area (Å²) >= 11 is 6.28. The van der Waals surface area contributed by atoms with Crippen molar-refractivity contribution in [1.29, 1.82) is 0 Å². The van der Waals surface area contributed by atoms with Crippen LogP contribution < -0.4 is 10.6 Å². The average molecular weight is 414 g/mol. The van der Waals surface area contributed by atoms with Crippen LogP contribution in [0.3, 0.4) is 0 Å². The van der Waals surface area contributed by atoms with E-state index in [2.05, 4.69) is 10.6 Å². The Labute approximate surface area is 172 Å². The van der Waals surface area contributed by atoms with Gasteiger partial charge in [0.1, 0.15) is 0 Å². The second-order valence-corrected chi connectivity index (χ2v) is 8.47. The number of nitrogens with one attached hydrogen (secondary N) is 2. The van der Waals surface area contributed by atoms with Crippen LogP contribution in [0.15, 0.2) is 18.2 Å². The molecule has 2 heterocycles. The van der Waals surface area contributed by atoms with Crippen LogP contribution in [-0.4, -0.2) is 42.9 Å². The fourth-order valence-corrected chi connectivity index (χ4v) is 4.12. The standard InChI is InChI=1S/C20H28ClN3O2.ClH/c1-14(2)11-18(25)23-15-3-4-17(21)16(12-15)19(26)24-9-6-20(7-10-24)5-8-22-13-20;/h3-4,12,14,22H,5-11,13H2,1-2H3,(H,23,25);1H. The van der Waals surface area contributed by atoms with Gasteiger partial charge in [0, 0.05) is 31.7 Å². The number of carbonyl (C=O) groups excluding carboxylic acids is 2. The van der Waals surface area contributed by atoms with Gasteiger partial charge in [-0.2, -0.15) is 0 Å². The van der Waals surface area contributed by atoms with Crippen molar-refractivity contribution in [1.82, 2.24) is 10.2 Å². The highest BCUT2D eigenvalue weighted by Gasteiger charge is 2.38. The number of halogens is 2. The first-order valence-electron chi connectivity index (χ1n) is 9.48. The number of nitrogens with zero attached hydrogens (tertiary/aromatic N) is 1. The minimum absolute atomic E-state index is 0.